The lowest BCUT2D eigenvalue weighted by molar-refractivity contribution is 0.304. The van der Waals surface area contributed by atoms with E-state index in [0.717, 1.165) is 11.5 Å². The smallest absolute Gasteiger partial charge is 0.120 e. The molecule has 0 spiro atoms. The number of hydrogen-bond donors (Lipinski definition) is 1. The van der Waals surface area contributed by atoms with E-state index in [1.807, 2.05) is 13.0 Å². The van der Waals surface area contributed by atoms with Crippen LogP contribution in [-0.2, 0) is 0 Å². The van der Waals surface area contributed by atoms with E-state index >= 15 is 0 Å². The highest BCUT2D eigenvalue weighted by Gasteiger charge is 2.25. The quantitative estimate of drug-likeness (QED) is 0.792. The highest BCUT2D eigenvalue weighted by Crippen LogP contribution is 2.34. The molecule has 1 N–H and O–H groups in total. The Morgan fingerprint density at radius 3 is 2.72 bits per heavy atom. The summed E-state index contributed by atoms with van der Waals surface area (Å²) >= 11 is 0. The molecular formula is C16H27NO. The first-order chi connectivity index (χ1) is 8.46. The number of nitrogens with one attached hydrogen (secondary N) is 1. The predicted molar refractivity (Wildman–Crippen MR) is 75.6 cm³/mol. The van der Waals surface area contributed by atoms with Crippen molar-refractivity contribution in [3.63, 3.8) is 0 Å². The first-order valence-electron chi connectivity index (χ1n) is 7.29. The molecule has 1 heterocycles. The molecule has 0 radical (unpaired) electrons. The molecule has 0 saturated heterocycles. The Kier molecular flexibility index (Phi) is 4.16. The van der Waals surface area contributed by atoms with E-state index < -0.39 is 0 Å². The van der Waals surface area contributed by atoms with Crippen molar-refractivity contribution in [2.24, 2.45) is 5.41 Å². The van der Waals surface area contributed by atoms with Crippen LogP contribution in [0.25, 0.3) is 0 Å². The minimum atomic E-state index is 0.324. The van der Waals surface area contributed by atoms with Crippen molar-refractivity contribution in [2.45, 2.75) is 71.9 Å². The fourth-order valence-electron chi connectivity index (χ4n) is 2.95. The van der Waals surface area contributed by atoms with Gasteiger partial charge in [0.1, 0.15) is 11.5 Å². The van der Waals surface area contributed by atoms with Gasteiger partial charge in [0.2, 0.25) is 0 Å². The molecule has 2 nitrogen and oxygen atoms in total. The van der Waals surface area contributed by atoms with E-state index in [1.54, 1.807) is 0 Å². The Balaban J connectivity index is 1.89. The van der Waals surface area contributed by atoms with Gasteiger partial charge in [-0.2, -0.15) is 0 Å². The van der Waals surface area contributed by atoms with Crippen LogP contribution < -0.4 is 5.32 Å². The average molecular weight is 249 g/mol. The third-order valence-corrected chi connectivity index (χ3v) is 4.25. The molecule has 1 aromatic heterocycles. The third-order valence-electron chi connectivity index (χ3n) is 4.25. The average Bonchev–Trinajstić information content (AvgIpc) is 2.65. The minimum absolute atomic E-state index is 0.324. The number of hydrogen-bond acceptors (Lipinski definition) is 2. The van der Waals surface area contributed by atoms with Gasteiger partial charge in [0.05, 0.1) is 6.04 Å². The molecule has 0 aliphatic heterocycles. The molecule has 18 heavy (non-hydrogen) atoms. The lowest BCUT2D eigenvalue weighted by atomic mass is 9.85. The zero-order valence-electron chi connectivity index (χ0n) is 12.3. The van der Waals surface area contributed by atoms with Crippen LogP contribution in [0, 0.1) is 12.3 Å². The molecule has 1 aliphatic carbocycles. The predicted octanol–water partition coefficient (Wildman–Crippen LogP) is 4.60. The van der Waals surface area contributed by atoms with Crippen molar-refractivity contribution in [2.75, 3.05) is 0 Å². The fraction of sp³-hybridized carbons (Fsp3) is 0.750. The first-order valence-corrected chi connectivity index (χ1v) is 7.29. The third kappa shape index (κ3) is 3.61. The summed E-state index contributed by atoms with van der Waals surface area (Å²) in [6.07, 6.45) is 6.62. The highest BCUT2D eigenvalue weighted by molar-refractivity contribution is 5.09. The van der Waals surface area contributed by atoms with Gasteiger partial charge in [-0.25, -0.2) is 0 Å². The van der Waals surface area contributed by atoms with Crippen LogP contribution in [0.1, 0.15) is 70.4 Å². The molecule has 1 saturated carbocycles. The fourth-order valence-corrected chi connectivity index (χ4v) is 2.95. The number of rotatable bonds is 3. The maximum Gasteiger partial charge on any atom is 0.120 e. The molecule has 102 valence electrons. The van der Waals surface area contributed by atoms with Crippen molar-refractivity contribution >= 4 is 0 Å². The molecule has 0 bridgehead atoms. The van der Waals surface area contributed by atoms with Crippen molar-refractivity contribution in [1.82, 2.24) is 5.32 Å². The summed E-state index contributed by atoms with van der Waals surface area (Å²) < 4.78 is 5.70. The van der Waals surface area contributed by atoms with Gasteiger partial charge in [0.25, 0.3) is 0 Å². The summed E-state index contributed by atoms with van der Waals surface area (Å²) in [7, 11) is 0. The minimum Gasteiger partial charge on any atom is -0.465 e. The van der Waals surface area contributed by atoms with Gasteiger partial charge in [-0.3, -0.25) is 0 Å². The second-order valence-corrected chi connectivity index (χ2v) is 6.63. The molecule has 1 fully saturated rings. The summed E-state index contributed by atoms with van der Waals surface area (Å²) in [5, 5.41) is 3.73. The monoisotopic (exact) mass is 249 g/mol. The van der Waals surface area contributed by atoms with Gasteiger partial charge < -0.3 is 9.73 Å². The van der Waals surface area contributed by atoms with E-state index in [1.165, 1.54) is 32.1 Å². The van der Waals surface area contributed by atoms with Crippen LogP contribution in [0.3, 0.4) is 0 Å². The van der Waals surface area contributed by atoms with Crippen LogP contribution in [-0.4, -0.2) is 6.04 Å². The molecule has 2 rings (SSSR count). The molecule has 2 atom stereocenters. The summed E-state index contributed by atoms with van der Waals surface area (Å²) in [6, 6.07) is 5.11. The van der Waals surface area contributed by atoms with Crippen molar-refractivity contribution < 1.29 is 4.42 Å². The van der Waals surface area contributed by atoms with Gasteiger partial charge in [-0.05, 0) is 57.1 Å². The SMILES string of the molecule is Cc1ccc(C(C)NC2CCCC(C)(C)CC2)o1. The highest BCUT2D eigenvalue weighted by atomic mass is 16.3. The maximum atomic E-state index is 5.70. The summed E-state index contributed by atoms with van der Waals surface area (Å²) in [5.41, 5.74) is 0.529. The zero-order valence-corrected chi connectivity index (χ0v) is 12.3. The Morgan fingerprint density at radius 1 is 1.28 bits per heavy atom. The molecule has 2 unspecified atom stereocenters. The number of furan rings is 1. The van der Waals surface area contributed by atoms with Gasteiger partial charge in [0.15, 0.2) is 0 Å². The Labute approximate surface area is 111 Å². The van der Waals surface area contributed by atoms with Gasteiger partial charge in [0, 0.05) is 6.04 Å². The van der Waals surface area contributed by atoms with Gasteiger partial charge in [-0.15, -0.1) is 0 Å². The summed E-state index contributed by atoms with van der Waals surface area (Å²) in [5.74, 6) is 2.07. The van der Waals surface area contributed by atoms with Gasteiger partial charge >= 0.3 is 0 Å². The Bertz CT molecular complexity index is 380. The largest absolute Gasteiger partial charge is 0.465 e. The summed E-state index contributed by atoms with van der Waals surface area (Å²) in [6.45, 7) is 9.00. The molecule has 0 amide bonds. The van der Waals surface area contributed by atoms with Crippen LogP contribution in [0.2, 0.25) is 0 Å². The second-order valence-electron chi connectivity index (χ2n) is 6.63. The van der Waals surface area contributed by atoms with E-state index in [0.29, 0.717) is 17.5 Å². The van der Waals surface area contributed by atoms with E-state index in [4.69, 9.17) is 4.42 Å². The topological polar surface area (TPSA) is 25.2 Å². The van der Waals surface area contributed by atoms with Crippen LogP contribution in [0.15, 0.2) is 16.5 Å². The van der Waals surface area contributed by atoms with Crippen molar-refractivity contribution in [3.8, 4) is 0 Å². The first kappa shape index (κ1) is 13.7. The van der Waals surface area contributed by atoms with E-state index in [2.05, 4.69) is 32.2 Å². The zero-order chi connectivity index (χ0) is 13.2. The van der Waals surface area contributed by atoms with Crippen molar-refractivity contribution in [1.29, 1.82) is 0 Å². The standard InChI is InChI=1S/C16H27NO/c1-12-7-8-15(18-12)13(2)17-14-6-5-10-16(3,4)11-9-14/h7-8,13-14,17H,5-6,9-11H2,1-4H3. The van der Waals surface area contributed by atoms with Crippen LogP contribution in [0.4, 0.5) is 0 Å². The van der Waals surface area contributed by atoms with Crippen molar-refractivity contribution in [3.05, 3.63) is 23.7 Å². The van der Waals surface area contributed by atoms with Crippen LogP contribution >= 0.6 is 0 Å². The summed E-state index contributed by atoms with van der Waals surface area (Å²) in [4.78, 5) is 0. The lowest BCUT2D eigenvalue weighted by Crippen LogP contribution is -2.31. The Hall–Kier alpha value is -0.760. The molecule has 0 aromatic carbocycles. The van der Waals surface area contributed by atoms with Crippen LogP contribution in [0.5, 0.6) is 0 Å². The second kappa shape index (κ2) is 5.48. The normalized spacial score (nSPS) is 25.7. The molecular weight excluding hydrogens is 222 g/mol. The maximum absolute atomic E-state index is 5.70. The van der Waals surface area contributed by atoms with E-state index in [-0.39, 0.29) is 0 Å². The molecule has 1 aromatic rings. The van der Waals surface area contributed by atoms with E-state index in [9.17, 15) is 0 Å². The lowest BCUT2D eigenvalue weighted by Gasteiger charge is -2.23. The number of aryl methyl sites for hydroxylation is 1. The van der Waals surface area contributed by atoms with Gasteiger partial charge in [-0.1, -0.05) is 20.3 Å². The molecule has 1 aliphatic rings. The Morgan fingerprint density at radius 2 is 2.06 bits per heavy atom. The molecule has 2 heteroatoms.